The summed E-state index contributed by atoms with van der Waals surface area (Å²) in [6.07, 6.45) is 5.11. The highest BCUT2D eigenvalue weighted by atomic mass is 16.5. The molecule has 5 heteroatoms. The van der Waals surface area contributed by atoms with Crippen LogP contribution >= 0.6 is 0 Å². The van der Waals surface area contributed by atoms with Crippen molar-refractivity contribution >= 4 is 5.97 Å². The molecule has 0 amide bonds. The maximum atomic E-state index is 12.1. The van der Waals surface area contributed by atoms with E-state index >= 15 is 0 Å². The summed E-state index contributed by atoms with van der Waals surface area (Å²) in [6.45, 7) is 2.18. The van der Waals surface area contributed by atoms with Crippen LogP contribution in [-0.4, -0.2) is 75.7 Å². The summed E-state index contributed by atoms with van der Waals surface area (Å²) >= 11 is 0. The first-order valence-electron chi connectivity index (χ1n) is 7.57. The van der Waals surface area contributed by atoms with Crippen LogP contribution in [0.2, 0.25) is 0 Å². The van der Waals surface area contributed by atoms with E-state index in [1.54, 1.807) is 0 Å². The van der Waals surface area contributed by atoms with E-state index in [0.29, 0.717) is 6.04 Å². The highest BCUT2D eigenvalue weighted by Crippen LogP contribution is 2.31. The third kappa shape index (κ3) is 4.43. The maximum absolute atomic E-state index is 12.1. The van der Waals surface area contributed by atoms with Crippen molar-refractivity contribution in [2.75, 3.05) is 48.4 Å². The van der Waals surface area contributed by atoms with Crippen molar-refractivity contribution in [1.82, 2.24) is 15.1 Å². The van der Waals surface area contributed by atoms with Gasteiger partial charge in [-0.25, -0.2) is 0 Å². The minimum Gasteiger partial charge on any atom is -0.468 e. The predicted octanol–water partition coefficient (Wildman–Crippen LogP) is 0.944. The van der Waals surface area contributed by atoms with Crippen molar-refractivity contribution in [3.8, 4) is 0 Å². The fraction of sp³-hybridized carbons (Fsp3) is 0.933. The topological polar surface area (TPSA) is 44.8 Å². The molecule has 2 atom stereocenters. The molecule has 0 aromatic carbocycles. The molecular formula is C15H31N3O2. The van der Waals surface area contributed by atoms with Crippen molar-refractivity contribution in [3.63, 3.8) is 0 Å². The van der Waals surface area contributed by atoms with E-state index in [2.05, 4.69) is 36.3 Å². The lowest BCUT2D eigenvalue weighted by atomic mass is 9.78. The van der Waals surface area contributed by atoms with E-state index in [9.17, 15) is 4.79 Å². The fourth-order valence-corrected chi connectivity index (χ4v) is 3.15. The van der Waals surface area contributed by atoms with Crippen LogP contribution < -0.4 is 5.32 Å². The monoisotopic (exact) mass is 285 g/mol. The van der Waals surface area contributed by atoms with E-state index in [4.69, 9.17) is 4.74 Å². The molecule has 0 spiro atoms. The lowest BCUT2D eigenvalue weighted by Gasteiger charge is -2.41. The van der Waals surface area contributed by atoms with Gasteiger partial charge in [-0.05, 0) is 73.4 Å². The average Bonchev–Trinajstić information content (AvgIpc) is 2.45. The van der Waals surface area contributed by atoms with Crippen LogP contribution in [0.15, 0.2) is 0 Å². The lowest BCUT2D eigenvalue weighted by Crippen LogP contribution is -2.57. The summed E-state index contributed by atoms with van der Waals surface area (Å²) in [5.74, 6) is -0.119. The molecule has 0 aromatic heterocycles. The standard InChI is InChI=1S/C15H31N3O2/c1-16-15(14(19)20-5)9-6-8-13(12-15)18(4)11-7-10-17(2)3/h13,16H,6-12H2,1-5H3. The summed E-state index contributed by atoms with van der Waals surface area (Å²) in [4.78, 5) is 16.7. The molecule has 0 aromatic rings. The zero-order chi connectivity index (χ0) is 15.2. The highest BCUT2D eigenvalue weighted by molar-refractivity contribution is 5.81. The minimum absolute atomic E-state index is 0.119. The Bertz CT molecular complexity index is 309. The van der Waals surface area contributed by atoms with Crippen molar-refractivity contribution in [2.24, 2.45) is 0 Å². The van der Waals surface area contributed by atoms with E-state index in [0.717, 1.165) is 38.8 Å². The highest BCUT2D eigenvalue weighted by Gasteiger charge is 2.43. The van der Waals surface area contributed by atoms with Gasteiger partial charge in [0.25, 0.3) is 0 Å². The first kappa shape index (κ1) is 17.4. The van der Waals surface area contributed by atoms with E-state index in [1.807, 2.05) is 7.05 Å². The van der Waals surface area contributed by atoms with Crippen LogP contribution in [-0.2, 0) is 9.53 Å². The molecule has 118 valence electrons. The molecule has 0 heterocycles. The van der Waals surface area contributed by atoms with Gasteiger partial charge in [0.2, 0.25) is 0 Å². The molecule has 20 heavy (non-hydrogen) atoms. The number of carbonyl (C=O) groups excluding carboxylic acids is 1. The first-order valence-corrected chi connectivity index (χ1v) is 7.57. The number of ether oxygens (including phenoxy) is 1. The SMILES string of the molecule is CNC1(C(=O)OC)CCCC(N(C)CCCN(C)C)C1. The van der Waals surface area contributed by atoms with Crippen molar-refractivity contribution in [1.29, 1.82) is 0 Å². The first-order chi connectivity index (χ1) is 9.45. The molecule has 0 aliphatic heterocycles. The maximum Gasteiger partial charge on any atom is 0.326 e. The number of esters is 1. The Labute approximate surface area is 123 Å². The number of methoxy groups -OCH3 is 1. The number of carbonyl (C=O) groups is 1. The summed E-state index contributed by atoms with van der Waals surface area (Å²) in [6, 6.07) is 0.456. The predicted molar refractivity (Wildman–Crippen MR) is 81.9 cm³/mol. The largest absolute Gasteiger partial charge is 0.468 e. The van der Waals surface area contributed by atoms with E-state index in [1.165, 1.54) is 13.5 Å². The van der Waals surface area contributed by atoms with Gasteiger partial charge in [0.15, 0.2) is 0 Å². The zero-order valence-electron chi connectivity index (χ0n) is 13.7. The molecule has 1 aliphatic rings. The summed E-state index contributed by atoms with van der Waals surface area (Å²) in [5, 5.41) is 3.22. The van der Waals surface area contributed by atoms with Crippen LogP contribution in [0.1, 0.15) is 32.1 Å². The zero-order valence-corrected chi connectivity index (χ0v) is 13.7. The molecular weight excluding hydrogens is 254 g/mol. The second kappa shape index (κ2) is 7.96. The Balaban J connectivity index is 2.56. The normalized spacial score (nSPS) is 27.1. The van der Waals surface area contributed by atoms with Crippen LogP contribution in [0.3, 0.4) is 0 Å². The molecule has 2 unspecified atom stereocenters. The Morgan fingerprint density at radius 3 is 2.60 bits per heavy atom. The number of rotatable bonds is 7. The minimum atomic E-state index is -0.493. The molecule has 0 radical (unpaired) electrons. The Hall–Kier alpha value is -0.650. The average molecular weight is 285 g/mol. The van der Waals surface area contributed by atoms with Gasteiger partial charge in [0, 0.05) is 6.04 Å². The van der Waals surface area contributed by atoms with Gasteiger partial charge in [0.1, 0.15) is 5.54 Å². The Morgan fingerprint density at radius 1 is 1.35 bits per heavy atom. The van der Waals surface area contributed by atoms with Gasteiger partial charge in [-0.3, -0.25) is 4.79 Å². The number of likely N-dealkylation sites (N-methyl/N-ethyl adjacent to an activating group) is 1. The van der Waals surface area contributed by atoms with Gasteiger partial charge >= 0.3 is 5.97 Å². The number of hydrogen-bond acceptors (Lipinski definition) is 5. The second-order valence-corrected chi connectivity index (χ2v) is 6.21. The van der Waals surface area contributed by atoms with Crippen molar-refractivity contribution in [2.45, 2.75) is 43.7 Å². The molecule has 1 N–H and O–H groups in total. The fourth-order valence-electron chi connectivity index (χ4n) is 3.15. The summed E-state index contributed by atoms with van der Waals surface area (Å²) in [7, 11) is 9.72. The van der Waals surface area contributed by atoms with Crippen LogP contribution in [0.25, 0.3) is 0 Å². The third-order valence-corrected chi connectivity index (χ3v) is 4.52. The number of hydrogen-bond donors (Lipinski definition) is 1. The molecule has 0 bridgehead atoms. The molecule has 5 nitrogen and oxygen atoms in total. The smallest absolute Gasteiger partial charge is 0.326 e. The van der Waals surface area contributed by atoms with Crippen LogP contribution in [0, 0.1) is 0 Å². The van der Waals surface area contributed by atoms with Gasteiger partial charge in [-0.2, -0.15) is 0 Å². The number of nitrogens with one attached hydrogen (secondary N) is 1. The third-order valence-electron chi connectivity index (χ3n) is 4.52. The quantitative estimate of drug-likeness (QED) is 0.706. The number of nitrogens with zero attached hydrogens (tertiary/aromatic N) is 2. The summed E-state index contributed by atoms with van der Waals surface area (Å²) in [5.41, 5.74) is -0.493. The van der Waals surface area contributed by atoms with Gasteiger partial charge in [-0.15, -0.1) is 0 Å². The van der Waals surface area contributed by atoms with Gasteiger partial charge in [-0.1, -0.05) is 0 Å². The Kier molecular flexibility index (Phi) is 6.92. The molecule has 1 saturated carbocycles. The molecule has 0 saturated heterocycles. The van der Waals surface area contributed by atoms with Gasteiger partial charge < -0.3 is 19.9 Å². The van der Waals surface area contributed by atoms with Crippen LogP contribution in [0.4, 0.5) is 0 Å². The molecule has 1 fully saturated rings. The lowest BCUT2D eigenvalue weighted by molar-refractivity contribution is -0.150. The van der Waals surface area contributed by atoms with Crippen molar-refractivity contribution < 1.29 is 9.53 Å². The van der Waals surface area contributed by atoms with Gasteiger partial charge in [0.05, 0.1) is 7.11 Å². The summed E-state index contributed by atoms with van der Waals surface area (Å²) < 4.78 is 5.00. The molecule has 1 aliphatic carbocycles. The van der Waals surface area contributed by atoms with E-state index in [-0.39, 0.29) is 5.97 Å². The molecule has 1 rings (SSSR count). The Morgan fingerprint density at radius 2 is 2.05 bits per heavy atom. The van der Waals surface area contributed by atoms with E-state index < -0.39 is 5.54 Å². The second-order valence-electron chi connectivity index (χ2n) is 6.21. The van der Waals surface area contributed by atoms with Crippen molar-refractivity contribution in [3.05, 3.63) is 0 Å². The van der Waals surface area contributed by atoms with Crippen LogP contribution in [0.5, 0.6) is 0 Å².